The van der Waals surface area contributed by atoms with E-state index in [1.165, 1.54) is 0 Å². The zero-order chi connectivity index (χ0) is 17.3. The van der Waals surface area contributed by atoms with Crippen LogP contribution >= 0.6 is 0 Å². The molecule has 0 saturated carbocycles. The van der Waals surface area contributed by atoms with Crippen molar-refractivity contribution in [1.29, 1.82) is 0 Å². The van der Waals surface area contributed by atoms with Crippen molar-refractivity contribution in [3.05, 3.63) is 35.4 Å². The normalized spacial score (nSPS) is 20.0. The van der Waals surface area contributed by atoms with Crippen LogP contribution in [-0.2, 0) is 20.0 Å². The van der Waals surface area contributed by atoms with Gasteiger partial charge in [0, 0.05) is 5.56 Å². The molecule has 2 N–H and O–H groups in total. The van der Waals surface area contributed by atoms with Crippen LogP contribution in [0.2, 0.25) is 0 Å². The number of hydrogen-bond acceptors (Lipinski definition) is 4. The van der Waals surface area contributed by atoms with E-state index < -0.39 is 27.6 Å². The maximum absolute atomic E-state index is 12.0. The van der Waals surface area contributed by atoms with E-state index in [4.69, 9.17) is 0 Å². The number of hydrazine groups is 1. The van der Waals surface area contributed by atoms with E-state index in [1.807, 2.05) is 12.1 Å². The molecule has 0 spiro atoms. The molecule has 0 unspecified atom stereocenters. The minimum atomic E-state index is -3.12. The molecule has 0 aliphatic carbocycles. The summed E-state index contributed by atoms with van der Waals surface area (Å²) >= 11 is 0. The molecule has 0 bridgehead atoms. The van der Waals surface area contributed by atoms with E-state index in [-0.39, 0.29) is 16.9 Å². The number of hydrogen-bond donors (Lipinski definition) is 2. The minimum absolute atomic E-state index is 0.00279. The highest BCUT2D eigenvalue weighted by molar-refractivity contribution is 7.91. The molecular weight excluding hydrogens is 316 g/mol. The summed E-state index contributed by atoms with van der Waals surface area (Å²) in [7, 11) is -3.12. The second-order valence-electron chi connectivity index (χ2n) is 6.87. The molecule has 6 nitrogen and oxygen atoms in total. The number of nitrogens with one attached hydrogen (secondary N) is 2. The lowest BCUT2D eigenvalue weighted by Crippen LogP contribution is -2.44. The lowest BCUT2D eigenvalue weighted by Gasteiger charge is -2.19. The van der Waals surface area contributed by atoms with Crippen LogP contribution < -0.4 is 10.9 Å². The van der Waals surface area contributed by atoms with Crippen molar-refractivity contribution in [2.45, 2.75) is 32.6 Å². The summed E-state index contributed by atoms with van der Waals surface area (Å²) in [5.74, 6) is -1.63. The number of rotatable bonds is 2. The van der Waals surface area contributed by atoms with Gasteiger partial charge >= 0.3 is 0 Å². The van der Waals surface area contributed by atoms with Gasteiger partial charge in [0.15, 0.2) is 9.84 Å². The summed E-state index contributed by atoms with van der Waals surface area (Å²) in [6.07, 6.45) is 0.296. The SMILES string of the molecule is CC(C)(C)c1ccc(C(=O)NNC(=O)[C@H]2CCS(=O)(=O)C2)cc1. The van der Waals surface area contributed by atoms with Crippen LogP contribution in [0.4, 0.5) is 0 Å². The Hall–Kier alpha value is -1.89. The fraction of sp³-hybridized carbons (Fsp3) is 0.500. The molecule has 1 heterocycles. The van der Waals surface area contributed by atoms with Crippen LogP contribution in [0.5, 0.6) is 0 Å². The van der Waals surface area contributed by atoms with E-state index in [2.05, 4.69) is 31.6 Å². The topological polar surface area (TPSA) is 92.3 Å². The third-order valence-corrected chi connectivity index (χ3v) is 5.68. The number of benzene rings is 1. The molecule has 1 atom stereocenters. The Morgan fingerprint density at radius 3 is 2.17 bits per heavy atom. The highest BCUT2D eigenvalue weighted by Crippen LogP contribution is 2.22. The van der Waals surface area contributed by atoms with Gasteiger partial charge in [-0.05, 0) is 29.5 Å². The predicted octanol–water partition coefficient (Wildman–Crippen LogP) is 1.18. The first-order chi connectivity index (χ1) is 10.6. The Balaban J connectivity index is 1.91. The Labute approximate surface area is 136 Å². The number of sulfone groups is 1. The molecule has 7 heteroatoms. The van der Waals surface area contributed by atoms with Gasteiger partial charge in [0.05, 0.1) is 17.4 Å². The first-order valence-electron chi connectivity index (χ1n) is 7.50. The molecule has 0 radical (unpaired) electrons. The standard InChI is InChI=1S/C16H22N2O4S/c1-16(2,3)13-6-4-11(5-7-13)14(19)17-18-15(20)12-8-9-23(21,22)10-12/h4-7,12H,8-10H2,1-3H3,(H,17,19)(H,18,20)/t12-/m0/s1. The summed E-state index contributed by atoms with van der Waals surface area (Å²) in [5, 5.41) is 0. The maximum Gasteiger partial charge on any atom is 0.269 e. The smallest absolute Gasteiger partial charge is 0.269 e. The lowest BCUT2D eigenvalue weighted by molar-refractivity contribution is -0.125. The van der Waals surface area contributed by atoms with E-state index in [9.17, 15) is 18.0 Å². The molecule has 1 aliphatic rings. The first-order valence-corrected chi connectivity index (χ1v) is 9.32. The summed E-state index contributed by atoms with van der Waals surface area (Å²) < 4.78 is 22.7. The molecule has 23 heavy (non-hydrogen) atoms. The molecular formula is C16H22N2O4S. The van der Waals surface area contributed by atoms with Crippen molar-refractivity contribution in [1.82, 2.24) is 10.9 Å². The lowest BCUT2D eigenvalue weighted by atomic mass is 9.87. The van der Waals surface area contributed by atoms with Gasteiger partial charge in [0.1, 0.15) is 0 Å². The van der Waals surface area contributed by atoms with E-state index >= 15 is 0 Å². The van der Waals surface area contributed by atoms with Crippen LogP contribution in [-0.4, -0.2) is 31.7 Å². The largest absolute Gasteiger partial charge is 0.273 e. The van der Waals surface area contributed by atoms with Crippen LogP contribution in [0.3, 0.4) is 0 Å². The minimum Gasteiger partial charge on any atom is -0.273 e. The number of carbonyl (C=O) groups is 2. The molecule has 1 aliphatic heterocycles. The van der Waals surface area contributed by atoms with Crippen LogP contribution in [0, 0.1) is 5.92 Å². The van der Waals surface area contributed by atoms with Crippen LogP contribution in [0.25, 0.3) is 0 Å². The Morgan fingerprint density at radius 1 is 1.09 bits per heavy atom. The fourth-order valence-electron chi connectivity index (χ4n) is 2.42. The average Bonchev–Trinajstić information content (AvgIpc) is 2.84. The monoisotopic (exact) mass is 338 g/mol. The molecule has 1 saturated heterocycles. The maximum atomic E-state index is 12.0. The highest BCUT2D eigenvalue weighted by atomic mass is 32.2. The van der Waals surface area contributed by atoms with Gasteiger partial charge in [-0.25, -0.2) is 8.42 Å². The van der Waals surface area contributed by atoms with E-state index in [1.54, 1.807) is 12.1 Å². The Bertz CT molecular complexity index is 703. The van der Waals surface area contributed by atoms with Gasteiger partial charge in [0.2, 0.25) is 5.91 Å². The quantitative estimate of drug-likeness (QED) is 0.792. The zero-order valence-electron chi connectivity index (χ0n) is 13.5. The van der Waals surface area contributed by atoms with Crippen LogP contribution in [0.15, 0.2) is 24.3 Å². The van der Waals surface area contributed by atoms with Crippen molar-refractivity contribution < 1.29 is 18.0 Å². The fourth-order valence-corrected chi connectivity index (χ4v) is 4.16. The van der Waals surface area contributed by atoms with Crippen molar-refractivity contribution in [2.24, 2.45) is 5.92 Å². The van der Waals surface area contributed by atoms with Crippen molar-refractivity contribution in [3.8, 4) is 0 Å². The molecule has 2 amide bonds. The van der Waals surface area contributed by atoms with E-state index in [0.29, 0.717) is 12.0 Å². The average molecular weight is 338 g/mol. The van der Waals surface area contributed by atoms with Gasteiger partial charge in [-0.2, -0.15) is 0 Å². The Kier molecular flexibility index (Phi) is 4.79. The number of carbonyl (C=O) groups excluding carboxylic acids is 2. The Morgan fingerprint density at radius 2 is 1.70 bits per heavy atom. The van der Waals surface area contributed by atoms with Crippen molar-refractivity contribution in [3.63, 3.8) is 0 Å². The van der Waals surface area contributed by atoms with Crippen molar-refractivity contribution >= 4 is 21.7 Å². The first kappa shape index (κ1) is 17.5. The molecule has 1 aromatic rings. The molecule has 2 rings (SSSR count). The summed E-state index contributed by atoms with van der Waals surface area (Å²) in [5.41, 5.74) is 6.16. The number of amides is 2. The third-order valence-electron chi connectivity index (χ3n) is 3.92. The van der Waals surface area contributed by atoms with Gasteiger partial charge in [-0.1, -0.05) is 32.9 Å². The van der Waals surface area contributed by atoms with Gasteiger partial charge in [-0.3, -0.25) is 20.4 Å². The molecule has 126 valence electrons. The second-order valence-corrected chi connectivity index (χ2v) is 9.10. The molecule has 1 aromatic carbocycles. The van der Waals surface area contributed by atoms with Crippen molar-refractivity contribution in [2.75, 3.05) is 11.5 Å². The molecule has 0 aromatic heterocycles. The highest BCUT2D eigenvalue weighted by Gasteiger charge is 2.33. The predicted molar refractivity (Wildman–Crippen MR) is 87.5 cm³/mol. The molecule has 1 fully saturated rings. The van der Waals surface area contributed by atoms with Gasteiger partial charge in [-0.15, -0.1) is 0 Å². The van der Waals surface area contributed by atoms with Crippen LogP contribution in [0.1, 0.15) is 43.1 Å². The van der Waals surface area contributed by atoms with E-state index in [0.717, 1.165) is 5.56 Å². The second kappa shape index (κ2) is 6.31. The summed E-state index contributed by atoms with van der Waals surface area (Å²) in [6.45, 7) is 6.24. The third kappa shape index (κ3) is 4.54. The van der Waals surface area contributed by atoms with Gasteiger partial charge in [0.25, 0.3) is 5.91 Å². The van der Waals surface area contributed by atoms with Gasteiger partial charge < -0.3 is 0 Å². The zero-order valence-corrected chi connectivity index (χ0v) is 14.4. The summed E-state index contributed by atoms with van der Waals surface area (Å²) in [4.78, 5) is 23.9. The summed E-state index contributed by atoms with van der Waals surface area (Å²) in [6, 6.07) is 7.14.